The number of benzene rings is 1. The summed E-state index contributed by atoms with van der Waals surface area (Å²) >= 11 is 12.3. The van der Waals surface area contributed by atoms with Crippen molar-refractivity contribution < 1.29 is 9.90 Å². The van der Waals surface area contributed by atoms with Crippen molar-refractivity contribution in [2.75, 3.05) is 13.1 Å². The highest BCUT2D eigenvalue weighted by atomic mass is 35.5. The molecule has 3 nitrogen and oxygen atoms in total. The van der Waals surface area contributed by atoms with Crippen LogP contribution >= 0.6 is 23.2 Å². The second-order valence-corrected chi connectivity index (χ2v) is 5.48. The van der Waals surface area contributed by atoms with Gasteiger partial charge >= 0.3 is 5.97 Å². The van der Waals surface area contributed by atoms with Gasteiger partial charge in [0.25, 0.3) is 0 Å². The van der Waals surface area contributed by atoms with Crippen molar-refractivity contribution in [1.82, 2.24) is 4.90 Å². The van der Waals surface area contributed by atoms with E-state index in [1.165, 1.54) is 0 Å². The van der Waals surface area contributed by atoms with Crippen LogP contribution in [0.4, 0.5) is 0 Å². The summed E-state index contributed by atoms with van der Waals surface area (Å²) in [6.45, 7) is 7.38. The molecule has 0 radical (unpaired) electrons. The molecule has 0 bridgehead atoms. The van der Waals surface area contributed by atoms with Gasteiger partial charge in [-0.1, -0.05) is 37.0 Å². The molecule has 0 heterocycles. The maximum absolute atomic E-state index is 11.2. The second-order valence-electron chi connectivity index (χ2n) is 4.64. The Morgan fingerprint density at radius 3 is 2.37 bits per heavy atom. The zero-order valence-electron chi connectivity index (χ0n) is 11.4. The highest BCUT2D eigenvalue weighted by molar-refractivity contribution is 6.33. The number of halogens is 2. The quantitative estimate of drug-likeness (QED) is 0.862. The summed E-state index contributed by atoms with van der Waals surface area (Å²) in [5, 5.41) is 10.3. The average molecular weight is 304 g/mol. The third-order valence-corrected chi connectivity index (χ3v) is 4.03. The molecule has 0 amide bonds. The maximum Gasteiger partial charge on any atom is 0.305 e. The number of hydrogen-bond donors (Lipinski definition) is 1. The number of nitrogens with zero attached hydrogens (tertiary/aromatic N) is 1. The Bertz CT molecular complexity index is 461. The van der Waals surface area contributed by atoms with Crippen LogP contribution in [0.3, 0.4) is 0 Å². The molecule has 0 aromatic heterocycles. The van der Waals surface area contributed by atoms with Crippen molar-refractivity contribution in [2.24, 2.45) is 0 Å². The van der Waals surface area contributed by atoms with Crippen molar-refractivity contribution in [2.45, 2.75) is 32.7 Å². The SMILES string of the molecule is CCN(CC)C(C)(CC(=O)O)c1cc(Cl)ccc1Cl. The van der Waals surface area contributed by atoms with Gasteiger partial charge in [0.1, 0.15) is 0 Å². The molecule has 0 saturated heterocycles. The molecule has 0 aliphatic heterocycles. The van der Waals surface area contributed by atoms with E-state index in [4.69, 9.17) is 23.2 Å². The van der Waals surface area contributed by atoms with Gasteiger partial charge in [-0.15, -0.1) is 0 Å². The molecule has 0 aliphatic rings. The fraction of sp³-hybridized carbons (Fsp3) is 0.500. The summed E-state index contributed by atoms with van der Waals surface area (Å²) in [7, 11) is 0. The standard InChI is InChI=1S/C14H19Cl2NO2/c1-4-17(5-2)14(3,9-13(18)19)11-8-10(15)6-7-12(11)16/h6-8H,4-5,9H2,1-3H3,(H,18,19). The number of carbonyl (C=O) groups is 1. The van der Waals surface area contributed by atoms with Crippen LogP contribution in [-0.4, -0.2) is 29.1 Å². The van der Waals surface area contributed by atoms with Crippen LogP contribution in [0.1, 0.15) is 32.8 Å². The fourth-order valence-corrected chi connectivity index (χ4v) is 3.00. The van der Waals surface area contributed by atoms with Gasteiger partial charge in [-0.25, -0.2) is 0 Å². The van der Waals surface area contributed by atoms with Crippen LogP contribution in [-0.2, 0) is 10.3 Å². The zero-order valence-corrected chi connectivity index (χ0v) is 12.9. The second kappa shape index (κ2) is 6.60. The lowest BCUT2D eigenvalue weighted by Gasteiger charge is -2.40. The molecule has 0 aliphatic carbocycles. The van der Waals surface area contributed by atoms with Crippen molar-refractivity contribution >= 4 is 29.2 Å². The lowest BCUT2D eigenvalue weighted by Crippen LogP contribution is -2.45. The van der Waals surface area contributed by atoms with Gasteiger partial charge in [0.05, 0.1) is 12.0 Å². The third-order valence-electron chi connectivity index (χ3n) is 3.47. The van der Waals surface area contributed by atoms with Gasteiger partial charge < -0.3 is 5.11 Å². The van der Waals surface area contributed by atoms with Crippen LogP contribution in [0.15, 0.2) is 18.2 Å². The van der Waals surface area contributed by atoms with E-state index in [0.29, 0.717) is 10.0 Å². The predicted octanol–water partition coefficient (Wildman–Crippen LogP) is 4.03. The zero-order chi connectivity index (χ0) is 14.6. The Labute approximate surface area is 124 Å². The average Bonchev–Trinajstić information content (AvgIpc) is 2.32. The molecule has 1 rings (SSSR count). The van der Waals surface area contributed by atoms with Crippen LogP contribution in [0.25, 0.3) is 0 Å². The summed E-state index contributed by atoms with van der Waals surface area (Å²) in [6.07, 6.45) is -0.0191. The molecule has 1 aromatic rings. The molecule has 106 valence electrons. The Morgan fingerprint density at radius 2 is 1.89 bits per heavy atom. The molecule has 1 aromatic carbocycles. The monoisotopic (exact) mass is 303 g/mol. The lowest BCUT2D eigenvalue weighted by molar-refractivity contribution is -0.140. The van der Waals surface area contributed by atoms with E-state index in [0.717, 1.165) is 18.7 Å². The molecular weight excluding hydrogens is 285 g/mol. The molecule has 1 N–H and O–H groups in total. The van der Waals surface area contributed by atoms with Gasteiger partial charge in [0, 0.05) is 10.0 Å². The first-order valence-electron chi connectivity index (χ1n) is 6.27. The van der Waals surface area contributed by atoms with E-state index in [1.807, 2.05) is 20.8 Å². The smallest absolute Gasteiger partial charge is 0.305 e. The first kappa shape index (κ1) is 16.3. The van der Waals surface area contributed by atoms with E-state index in [-0.39, 0.29) is 6.42 Å². The highest BCUT2D eigenvalue weighted by Crippen LogP contribution is 2.37. The van der Waals surface area contributed by atoms with Gasteiger partial charge in [0.15, 0.2) is 0 Å². The van der Waals surface area contributed by atoms with Gasteiger partial charge in [-0.3, -0.25) is 9.69 Å². The summed E-state index contributed by atoms with van der Waals surface area (Å²) in [6, 6.07) is 5.17. The fourth-order valence-electron chi connectivity index (χ4n) is 2.50. The number of carboxylic acids is 1. The minimum absolute atomic E-state index is 0.0191. The van der Waals surface area contributed by atoms with Gasteiger partial charge in [0.2, 0.25) is 0 Å². The summed E-state index contributed by atoms with van der Waals surface area (Å²) < 4.78 is 0. The molecule has 1 unspecified atom stereocenters. The van der Waals surface area contributed by atoms with Gasteiger partial charge in [-0.05, 0) is 43.8 Å². The van der Waals surface area contributed by atoms with Crippen LogP contribution < -0.4 is 0 Å². The van der Waals surface area contributed by atoms with Crippen LogP contribution in [0.5, 0.6) is 0 Å². The van der Waals surface area contributed by atoms with Crippen molar-refractivity contribution in [3.63, 3.8) is 0 Å². The third kappa shape index (κ3) is 3.62. The minimum Gasteiger partial charge on any atom is -0.481 e. The van der Waals surface area contributed by atoms with E-state index < -0.39 is 11.5 Å². The molecule has 1 atom stereocenters. The summed E-state index contributed by atoms with van der Waals surface area (Å²) in [5.41, 5.74) is 0.0879. The first-order chi connectivity index (χ1) is 8.85. The Balaban J connectivity index is 3.37. The lowest BCUT2D eigenvalue weighted by atomic mass is 9.86. The predicted molar refractivity (Wildman–Crippen MR) is 79.0 cm³/mol. The highest BCUT2D eigenvalue weighted by Gasteiger charge is 2.36. The number of aliphatic carboxylic acids is 1. The van der Waals surface area contributed by atoms with Crippen molar-refractivity contribution in [3.05, 3.63) is 33.8 Å². The number of carboxylic acid groups (broad SMARTS) is 1. The van der Waals surface area contributed by atoms with Crippen molar-refractivity contribution in [1.29, 1.82) is 0 Å². The van der Waals surface area contributed by atoms with Crippen LogP contribution in [0.2, 0.25) is 10.0 Å². The molecule has 19 heavy (non-hydrogen) atoms. The van der Waals surface area contributed by atoms with Crippen molar-refractivity contribution in [3.8, 4) is 0 Å². The molecule has 0 saturated carbocycles. The molecule has 0 spiro atoms. The molecule has 5 heteroatoms. The summed E-state index contributed by atoms with van der Waals surface area (Å²) in [5.74, 6) is -0.856. The molecular formula is C14H19Cl2NO2. The molecule has 0 fully saturated rings. The van der Waals surface area contributed by atoms with E-state index in [9.17, 15) is 9.90 Å². The Kier molecular flexibility index (Phi) is 5.65. The Morgan fingerprint density at radius 1 is 1.32 bits per heavy atom. The number of hydrogen-bond acceptors (Lipinski definition) is 2. The van der Waals surface area contributed by atoms with E-state index in [1.54, 1.807) is 18.2 Å². The van der Waals surface area contributed by atoms with Crippen LogP contribution in [0, 0.1) is 0 Å². The number of rotatable bonds is 6. The minimum atomic E-state index is -0.856. The normalized spacial score (nSPS) is 14.4. The summed E-state index contributed by atoms with van der Waals surface area (Å²) in [4.78, 5) is 13.3. The van der Waals surface area contributed by atoms with E-state index >= 15 is 0 Å². The van der Waals surface area contributed by atoms with E-state index in [2.05, 4.69) is 4.90 Å². The Hall–Kier alpha value is -0.770. The maximum atomic E-state index is 11.2. The van der Waals surface area contributed by atoms with Gasteiger partial charge in [-0.2, -0.15) is 0 Å². The first-order valence-corrected chi connectivity index (χ1v) is 7.03. The largest absolute Gasteiger partial charge is 0.481 e. The topological polar surface area (TPSA) is 40.5 Å².